The number of pyridine rings is 2. The summed E-state index contributed by atoms with van der Waals surface area (Å²) in [6.07, 6.45) is 2.15. The first-order valence-corrected chi connectivity index (χ1v) is 7.78. The van der Waals surface area contributed by atoms with Crippen LogP contribution in [-0.4, -0.2) is 28.2 Å². The Hall–Kier alpha value is -2.54. The van der Waals surface area contributed by atoms with Gasteiger partial charge in [-0.15, -0.1) is 0 Å². The predicted molar refractivity (Wildman–Crippen MR) is 89.4 cm³/mol. The van der Waals surface area contributed by atoms with Crippen LogP contribution in [0, 0.1) is 5.82 Å². The molecule has 0 bridgehead atoms. The van der Waals surface area contributed by atoms with E-state index in [1.807, 2.05) is 6.07 Å². The second kappa shape index (κ2) is 6.52. The summed E-state index contributed by atoms with van der Waals surface area (Å²) in [5.74, 6) is -1.36. The van der Waals surface area contributed by atoms with Gasteiger partial charge < -0.3 is 9.84 Å². The Balaban J connectivity index is 2.04. The number of hydrogen-bond donors (Lipinski definition) is 1. The number of esters is 1. The standard InChI is InChI=1S/C17H12BrFN2O3/c1-24-17(23)14-15(22)13-12(16(18)21-14)7-10(8-20-13)6-9-2-4-11(19)5-3-9/h2-5,7-8,22H,6H2,1H3. The largest absolute Gasteiger partial charge is 0.504 e. The van der Waals surface area contributed by atoms with Gasteiger partial charge in [-0.05, 0) is 51.7 Å². The van der Waals surface area contributed by atoms with Crippen LogP contribution in [0.4, 0.5) is 4.39 Å². The Morgan fingerprint density at radius 1 is 1.29 bits per heavy atom. The van der Waals surface area contributed by atoms with Crippen molar-refractivity contribution < 1.29 is 19.0 Å². The van der Waals surface area contributed by atoms with Gasteiger partial charge in [0, 0.05) is 11.6 Å². The lowest BCUT2D eigenvalue weighted by Gasteiger charge is -2.09. The van der Waals surface area contributed by atoms with Crippen molar-refractivity contribution in [3.05, 3.63) is 63.8 Å². The van der Waals surface area contributed by atoms with E-state index >= 15 is 0 Å². The smallest absolute Gasteiger partial charge is 0.360 e. The van der Waals surface area contributed by atoms with E-state index in [0.29, 0.717) is 16.4 Å². The molecule has 0 saturated heterocycles. The van der Waals surface area contributed by atoms with Crippen molar-refractivity contribution in [2.75, 3.05) is 7.11 Å². The summed E-state index contributed by atoms with van der Waals surface area (Å²) < 4.78 is 17.9. The lowest BCUT2D eigenvalue weighted by Crippen LogP contribution is -2.06. The average molecular weight is 391 g/mol. The Morgan fingerprint density at radius 3 is 2.67 bits per heavy atom. The maximum Gasteiger partial charge on any atom is 0.360 e. The zero-order valence-electron chi connectivity index (χ0n) is 12.6. The molecule has 0 aliphatic heterocycles. The number of aromatic nitrogens is 2. The second-order valence-electron chi connectivity index (χ2n) is 5.13. The van der Waals surface area contributed by atoms with Crippen LogP contribution in [0.15, 0.2) is 41.1 Å². The number of carbonyl (C=O) groups excluding carboxylic acids is 1. The van der Waals surface area contributed by atoms with Crippen LogP contribution in [0.25, 0.3) is 10.9 Å². The summed E-state index contributed by atoms with van der Waals surface area (Å²) in [7, 11) is 1.21. The summed E-state index contributed by atoms with van der Waals surface area (Å²) in [6.45, 7) is 0. The molecule has 122 valence electrons. The first kappa shape index (κ1) is 16.3. The molecule has 0 fully saturated rings. The minimum atomic E-state index is -0.743. The van der Waals surface area contributed by atoms with Crippen molar-refractivity contribution in [1.82, 2.24) is 9.97 Å². The van der Waals surface area contributed by atoms with Gasteiger partial charge in [0.25, 0.3) is 0 Å². The fraction of sp³-hybridized carbons (Fsp3) is 0.118. The molecule has 7 heteroatoms. The minimum absolute atomic E-state index is 0.198. The van der Waals surface area contributed by atoms with Gasteiger partial charge in [0.2, 0.25) is 0 Å². The van der Waals surface area contributed by atoms with Crippen LogP contribution in [0.5, 0.6) is 5.75 Å². The molecule has 2 aromatic heterocycles. The maximum absolute atomic E-state index is 13.0. The van der Waals surface area contributed by atoms with Crippen molar-refractivity contribution in [3.63, 3.8) is 0 Å². The highest BCUT2D eigenvalue weighted by Crippen LogP contribution is 2.32. The van der Waals surface area contributed by atoms with Gasteiger partial charge in [0.15, 0.2) is 11.4 Å². The van der Waals surface area contributed by atoms with E-state index in [4.69, 9.17) is 0 Å². The van der Waals surface area contributed by atoms with E-state index in [0.717, 1.165) is 11.1 Å². The van der Waals surface area contributed by atoms with E-state index in [2.05, 4.69) is 30.6 Å². The Kier molecular flexibility index (Phi) is 4.44. The normalized spacial score (nSPS) is 10.8. The molecule has 0 radical (unpaired) electrons. The zero-order valence-corrected chi connectivity index (χ0v) is 14.2. The van der Waals surface area contributed by atoms with E-state index in [1.165, 1.54) is 19.2 Å². The lowest BCUT2D eigenvalue weighted by atomic mass is 10.0. The molecule has 0 atom stereocenters. The highest BCUT2D eigenvalue weighted by atomic mass is 79.9. The first-order valence-electron chi connectivity index (χ1n) is 6.99. The van der Waals surface area contributed by atoms with Gasteiger partial charge in [-0.2, -0.15) is 0 Å². The van der Waals surface area contributed by atoms with Gasteiger partial charge in [0.1, 0.15) is 15.9 Å². The number of ether oxygens (including phenoxy) is 1. The Morgan fingerprint density at radius 2 is 2.00 bits per heavy atom. The third-order valence-corrected chi connectivity index (χ3v) is 4.13. The molecule has 24 heavy (non-hydrogen) atoms. The average Bonchev–Trinajstić information content (AvgIpc) is 2.59. The molecule has 0 unspecified atom stereocenters. The molecular formula is C17H12BrFN2O3. The van der Waals surface area contributed by atoms with Crippen LogP contribution in [0.3, 0.4) is 0 Å². The molecule has 1 N–H and O–H groups in total. The summed E-state index contributed by atoms with van der Waals surface area (Å²) in [5.41, 5.74) is 1.84. The van der Waals surface area contributed by atoms with E-state index < -0.39 is 5.97 Å². The van der Waals surface area contributed by atoms with Gasteiger partial charge in [-0.25, -0.2) is 14.2 Å². The summed E-state index contributed by atoms with van der Waals surface area (Å²) in [6, 6.07) is 8.00. The molecule has 0 aliphatic carbocycles. The van der Waals surface area contributed by atoms with Gasteiger partial charge in [0.05, 0.1) is 7.11 Å². The summed E-state index contributed by atoms with van der Waals surface area (Å²) in [5, 5.41) is 10.8. The number of hydrogen-bond acceptors (Lipinski definition) is 5. The maximum atomic E-state index is 13.0. The highest BCUT2D eigenvalue weighted by molar-refractivity contribution is 9.10. The molecule has 3 aromatic rings. The van der Waals surface area contributed by atoms with Crippen LogP contribution in [-0.2, 0) is 11.2 Å². The Labute approximate surface area is 145 Å². The van der Waals surface area contributed by atoms with Crippen LogP contribution >= 0.6 is 15.9 Å². The zero-order chi connectivity index (χ0) is 17.3. The number of methoxy groups -OCH3 is 1. The topological polar surface area (TPSA) is 72.3 Å². The van der Waals surface area contributed by atoms with E-state index in [-0.39, 0.29) is 22.8 Å². The summed E-state index contributed by atoms with van der Waals surface area (Å²) >= 11 is 3.29. The van der Waals surface area contributed by atoms with Crippen molar-refractivity contribution in [2.24, 2.45) is 0 Å². The van der Waals surface area contributed by atoms with Gasteiger partial charge in [-0.1, -0.05) is 12.1 Å². The Bertz CT molecular complexity index is 929. The first-order chi connectivity index (χ1) is 11.5. The SMILES string of the molecule is COC(=O)c1nc(Br)c2cc(Cc3ccc(F)cc3)cnc2c1O. The highest BCUT2D eigenvalue weighted by Gasteiger charge is 2.20. The fourth-order valence-corrected chi connectivity index (χ4v) is 2.83. The number of fused-ring (bicyclic) bond motifs is 1. The van der Waals surface area contributed by atoms with E-state index in [1.54, 1.807) is 18.3 Å². The van der Waals surface area contributed by atoms with Crippen molar-refractivity contribution in [3.8, 4) is 5.75 Å². The van der Waals surface area contributed by atoms with Gasteiger partial charge >= 0.3 is 5.97 Å². The van der Waals surface area contributed by atoms with Crippen molar-refractivity contribution in [1.29, 1.82) is 0 Å². The second-order valence-corrected chi connectivity index (χ2v) is 5.89. The molecule has 3 rings (SSSR count). The number of aromatic hydroxyl groups is 1. The monoisotopic (exact) mass is 390 g/mol. The van der Waals surface area contributed by atoms with Crippen molar-refractivity contribution >= 4 is 32.8 Å². The van der Waals surface area contributed by atoms with Crippen molar-refractivity contribution in [2.45, 2.75) is 6.42 Å². The fourth-order valence-electron chi connectivity index (χ4n) is 2.35. The third kappa shape index (κ3) is 3.07. The number of rotatable bonds is 3. The quantitative estimate of drug-likeness (QED) is 0.546. The summed E-state index contributed by atoms with van der Waals surface area (Å²) in [4.78, 5) is 19.9. The number of halogens is 2. The molecular weight excluding hydrogens is 379 g/mol. The molecule has 0 aliphatic rings. The number of carbonyl (C=O) groups is 1. The third-order valence-electron chi connectivity index (χ3n) is 3.53. The molecule has 0 spiro atoms. The molecule has 1 aromatic carbocycles. The number of nitrogens with zero attached hydrogens (tertiary/aromatic N) is 2. The van der Waals surface area contributed by atoms with Crippen LogP contribution in [0.2, 0.25) is 0 Å². The minimum Gasteiger partial charge on any atom is -0.504 e. The molecule has 0 amide bonds. The number of benzene rings is 1. The lowest BCUT2D eigenvalue weighted by molar-refractivity contribution is 0.0590. The van der Waals surface area contributed by atoms with E-state index in [9.17, 15) is 14.3 Å². The van der Waals surface area contributed by atoms with Gasteiger partial charge in [-0.3, -0.25) is 4.98 Å². The van der Waals surface area contributed by atoms with Crippen LogP contribution < -0.4 is 0 Å². The predicted octanol–water partition coefficient (Wildman–Crippen LogP) is 3.61. The molecule has 2 heterocycles. The van der Waals surface area contributed by atoms with Crippen LogP contribution in [0.1, 0.15) is 21.6 Å². The molecule has 0 saturated carbocycles. The molecule has 5 nitrogen and oxygen atoms in total.